The largest absolute Gasteiger partial charge is 0.299 e. The second-order valence-corrected chi connectivity index (χ2v) is 6.50. The van der Waals surface area contributed by atoms with E-state index in [1.807, 2.05) is 0 Å². The van der Waals surface area contributed by atoms with Gasteiger partial charge in [-0.2, -0.15) is 0 Å². The molecular formula is C19H34N2O2. The van der Waals surface area contributed by atoms with Crippen molar-refractivity contribution >= 4 is 11.8 Å². The molecule has 4 heteroatoms. The Bertz CT molecular complexity index is 346. The van der Waals surface area contributed by atoms with Crippen molar-refractivity contribution in [3.63, 3.8) is 0 Å². The molecule has 0 aromatic carbocycles. The van der Waals surface area contributed by atoms with Gasteiger partial charge in [0, 0.05) is 25.2 Å². The number of nitrogens with zero attached hydrogens (tertiary/aromatic N) is 2. The van der Waals surface area contributed by atoms with Crippen LogP contribution < -0.4 is 0 Å². The van der Waals surface area contributed by atoms with E-state index in [1.54, 1.807) is 22.2 Å². The summed E-state index contributed by atoms with van der Waals surface area (Å²) < 4.78 is 0. The van der Waals surface area contributed by atoms with Crippen LogP contribution in [-0.4, -0.2) is 28.3 Å². The Labute approximate surface area is 141 Å². The molecule has 0 saturated carbocycles. The van der Waals surface area contributed by atoms with Gasteiger partial charge in [0.2, 0.25) is 11.8 Å². The molecule has 4 nitrogen and oxygen atoms in total. The van der Waals surface area contributed by atoms with Gasteiger partial charge in [-0.15, -0.1) is 0 Å². The first-order valence-electron chi connectivity index (χ1n) is 9.46. The molecule has 0 saturated heterocycles. The summed E-state index contributed by atoms with van der Waals surface area (Å²) in [5, 5.41) is 0. The lowest BCUT2D eigenvalue weighted by molar-refractivity contribution is -0.133. The smallest absolute Gasteiger partial charge is 0.228 e. The normalized spacial score (nSPS) is 13.8. The molecule has 1 aliphatic rings. The lowest BCUT2D eigenvalue weighted by Crippen LogP contribution is -2.33. The highest BCUT2D eigenvalue weighted by Crippen LogP contribution is 2.14. The monoisotopic (exact) mass is 322 g/mol. The zero-order valence-electron chi connectivity index (χ0n) is 15.1. The molecule has 23 heavy (non-hydrogen) atoms. The van der Waals surface area contributed by atoms with Gasteiger partial charge in [-0.1, -0.05) is 65.2 Å². The third-order valence-electron chi connectivity index (χ3n) is 4.36. The molecule has 132 valence electrons. The summed E-state index contributed by atoms with van der Waals surface area (Å²) in [6, 6.07) is 0. The predicted octanol–water partition coefficient (Wildman–Crippen LogP) is 4.81. The second-order valence-electron chi connectivity index (χ2n) is 6.50. The van der Waals surface area contributed by atoms with Crippen LogP contribution in [0, 0.1) is 0 Å². The fourth-order valence-electron chi connectivity index (χ4n) is 2.79. The first kappa shape index (κ1) is 19.7. The van der Waals surface area contributed by atoms with Gasteiger partial charge in [-0.3, -0.25) is 19.4 Å². The first-order valence-corrected chi connectivity index (χ1v) is 9.46. The zero-order valence-corrected chi connectivity index (χ0v) is 15.1. The quantitative estimate of drug-likeness (QED) is 0.484. The topological polar surface area (TPSA) is 40.6 Å². The van der Waals surface area contributed by atoms with E-state index in [1.165, 1.54) is 38.5 Å². The van der Waals surface area contributed by atoms with Gasteiger partial charge in [0.05, 0.1) is 0 Å². The van der Waals surface area contributed by atoms with Crippen molar-refractivity contribution in [3.8, 4) is 0 Å². The molecule has 0 atom stereocenters. The van der Waals surface area contributed by atoms with Crippen molar-refractivity contribution in [1.29, 1.82) is 0 Å². The summed E-state index contributed by atoms with van der Waals surface area (Å²) >= 11 is 0. The number of hydrogen-bond acceptors (Lipinski definition) is 2. The zero-order chi connectivity index (χ0) is 16.9. The Morgan fingerprint density at radius 1 is 0.696 bits per heavy atom. The number of hydrogen-bond donors (Lipinski definition) is 0. The van der Waals surface area contributed by atoms with Gasteiger partial charge in [0.1, 0.15) is 6.67 Å². The van der Waals surface area contributed by atoms with E-state index in [9.17, 15) is 9.59 Å². The second kappa shape index (κ2) is 12.1. The van der Waals surface area contributed by atoms with Gasteiger partial charge in [0.15, 0.2) is 0 Å². The van der Waals surface area contributed by atoms with Gasteiger partial charge in [0.25, 0.3) is 0 Å². The molecule has 0 unspecified atom stereocenters. The van der Waals surface area contributed by atoms with Crippen LogP contribution >= 0.6 is 0 Å². The van der Waals surface area contributed by atoms with Crippen molar-refractivity contribution in [2.24, 2.45) is 0 Å². The highest BCUT2D eigenvalue weighted by Gasteiger charge is 2.22. The van der Waals surface area contributed by atoms with Crippen molar-refractivity contribution in [2.45, 2.75) is 90.9 Å². The molecule has 0 aromatic heterocycles. The minimum Gasteiger partial charge on any atom is -0.299 e. The van der Waals surface area contributed by atoms with Crippen LogP contribution in [0.25, 0.3) is 0 Å². The minimum absolute atomic E-state index is 0.135. The molecule has 0 spiro atoms. The third kappa shape index (κ3) is 8.19. The van der Waals surface area contributed by atoms with E-state index in [2.05, 4.69) is 13.8 Å². The van der Waals surface area contributed by atoms with Crippen LogP contribution in [0.4, 0.5) is 0 Å². The van der Waals surface area contributed by atoms with Crippen molar-refractivity contribution in [1.82, 2.24) is 9.80 Å². The van der Waals surface area contributed by atoms with Crippen LogP contribution in [-0.2, 0) is 9.59 Å². The van der Waals surface area contributed by atoms with Gasteiger partial charge < -0.3 is 0 Å². The van der Waals surface area contributed by atoms with Crippen molar-refractivity contribution < 1.29 is 9.59 Å². The van der Waals surface area contributed by atoms with Crippen molar-refractivity contribution in [2.75, 3.05) is 6.67 Å². The molecule has 0 aromatic rings. The summed E-state index contributed by atoms with van der Waals surface area (Å²) in [5.41, 5.74) is 0. The number of carbonyl (C=O) groups is 2. The maximum Gasteiger partial charge on any atom is 0.228 e. The van der Waals surface area contributed by atoms with Gasteiger partial charge in [-0.05, 0) is 12.8 Å². The van der Waals surface area contributed by atoms with E-state index < -0.39 is 0 Å². The highest BCUT2D eigenvalue weighted by atomic mass is 16.2. The number of amides is 2. The van der Waals surface area contributed by atoms with Crippen LogP contribution in [0.15, 0.2) is 12.4 Å². The van der Waals surface area contributed by atoms with E-state index in [4.69, 9.17) is 0 Å². The van der Waals surface area contributed by atoms with Crippen LogP contribution in [0.3, 0.4) is 0 Å². The van der Waals surface area contributed by atoms with Crippen molar-refractivity contribution in [3.05, 3.63) is 12.4 Å². The van der Waals surface area contributed by atoms with E-state index in [0.717, 1.165) is 25.7 Å². The van der Waals surface area contributed by atoms with E-state index in [0.29, 0.717) is 19.5 Å². The Balaban J connectivity index is 2.15. The average Bonchev–Trinajstić information content (AvgIpc) is 3.04. The Morgan fingerprint density at radius 3 is 1.48 bits per heavy atom. The Morgan fingerprint density at radius 2 is 1.09 bits per heavy atom. The Hall–Kier alpha value is -1.32. The number of unbranched alkanes of at least 4 members (excludes halogenated alkanes) is 8. The lowest BCUT2D eigenvalue weighted by Gasteiger charge is -2.18. The maximum atomic E-state index is 12.1. The summed E-state index contributed by atoms with van der Waals surface area (Å²) in [4.78, 5) is 27.6. The van der Waals surface area contributed by atoms with Gasteiger partial charge in [-0.25, -0.2) is 0 Å². The Kier molecular flexibility index (Phi) is 10.4. The molecule has 2 amide bonds. The fraction of sp³-hybridized carbons (Fsp3) is 0.789. The fourth-order valence-corrected chi connectivity index (χ4v) is 2.79. The molecule has 1 heterocycles. The molecule has 0 aliphatic carbocycles. The summed E-state index contributed by atoms with van der Waals surface area (Å²) in [7, 11) is 0. The van der Waals surface area contributed by atoms with E-state index >= 15 is 0 Å². The van der Waals surface area contributed by atoms with Crippen LogP contribution in [0.5, 0.6) is 0 Å². The molecule has 0 fully saturated rings. The predicted molar refractivity (Wildman–Crippen MR) is 94.5 cm³/mol. The molecule has 0 N–H and O–H groups in total. The SMILES string of the molecule is CCCCCCCC(=O)N1C=CN(C(=O)CCCCCCC)C1. The molecular weight excluding hydrogens is 288 g/mol. The molecule has 1 aliphatic heterocycles. The average molecular weight is 322 g/mol. The first-order chi connectivity index (χ1) is 11.2. The molecule has 0 radical (unpaired) electrons. The molecule has 0 bridgehead atoms. The third-order valence-corrected chi connectivity index (χ3v) is 4.36. The highest BCUT2D eigenvalue weighted by molar-refractivity contribution is 5.81. The van der Waals surface area contributed by atoms with Gasteiger partial charge >= 0.3 is 0 Å². The lowest BCUT2D eigenvalue weighted by atomic mass is 10.1. The summed E-state index contributed by atoms with van der Waals surface area (Å²) in [6.07, 6.45) is 16.2. The van der Waals surface area contributed by atoms with Crippen LogP contribution in [0.1, 0.15) is 90.9 Å². The molecule has 1 rings (SSSR count). The maximum absolute atomic E-state index is 12.1. The van der Waals surface area contributed by atoms with E-state index in [-0.39, 0.29) is 11.8 Å². The summed E-state index contributed by atoms with van der Waals surface area (Å²) in [6.45, 7) is 4.78. The standard InChI is InChI=1S/C19H34N2O2/c1-3-5-7-9-11-13-18(22)20-15-16-21(17-20)19(23)14-12-10-8-6-4-2/h15-16H,3-14,17H2,1-2H3. The number of rotatable bonds is 12. The number of carbonyl (C=O) groups excluding carboxylic acids is 2. The van der Waals surface area contributed by atoms with Crippen LogP contribution in [0.2, 0.25) is 0 Å². The summed E-state index contributed by atoms with van der Waals surface area (Å²) in [5.74, 6) is 0.270. The minimum atomic E-state index is 0.135.